The molecule has 4 nitrogen and oxygen atoms in total. The summed E-state index contributed by atoms with van der Waals surface area (Å²) in [6, 6.07) is 10.5. The summed E-state index contributed by atoms with van der Waals surface area (Å²) in [7, 11) is 0. The molecule has 0 aliphatic carbocycles. The van der Waals surface area contributed by atoms with Crippen LogP contribution < -0.4 is 11.2 Å². The molecule has 0 atom stereocenters. The maximum atomic E-state index is 14.7. The third kappa shape index (κ3) is 2.27. The number of thioether (sulfide) groups is 1. The van der Waals surface area contributed by atoms with Crippen LogP contribution in [0.3, 0.4) is 0 Å². The van der Waals surface area contributed by atoms with Gasteiger partial charge in [-0.2, -0.15) is 0 Å². The van der Waals surface area contributed by atoms with Gasteiger partial charge in [0.15, 0.2) is 0 Å². The molecule has 0 amide bonds. The first-order valence-electron chi connectivity index (χ1n) is 6.20. The molecular formula is C15H11FN2O2S. The highest BCUT2D eigenvalue weighted by atomic mass is 32.2. The SMILES string of the molecule is CSc1ccccc1-c1ccc2[nH]c(=O)[nH]c(=O)c2c1F. The van der Waals surface area contributed by atoms with Gasteiger partial charge in [0.05, 0.1) is 10.9 Å². The van der Waals surface area contributed by atoms with E-state index in [-0.39, 0.29) is 10.9 Å². The number of hydrogen-bond acceptors (Lipinski definition) is 3. The fraction of sp³-hybridized carbons (Fsp3) is 0.0667. The number of aromatic nitrogens is 2. The summed E-state index contributed by atoms with van der Waals surface area (Å²) >= 11 is 1.50. The monoisotopic (exact) mass is 302 g/mol. The maximum absolute atomic E-state index is 14.7. The second-order valence-corrected chi connectivity index (χ2v) is 5.31. The summed E-state index contributed by atoms with van der Waals surface area (Å²) in [5, 5.41) is -0.136. The topological polar surface area (TPSA) is 65.7 Å². The molecule has 3 aromatic rings. The van der Waals surface area contributed by atoms with Crippen molar-refractivity contribution in [2.24, 2.45) is 0 Å². The quantitative estimate of drug-likeness (QED) is 0.715. The highest BCUT2D eigenvalue weighted by molar-refractivity contribution is 7.98. The minimum atomic E-state index is -0.727. The van der Waals surface area contributed by atoms with Crippen molar-refractivity contribution in [1.82, 2.24) is 9.97 Å². The van der Waals surface area contributed by atoms with Gasteiger partial charge in [0.25, 0.3) is 5.56 Å². The molecule has 21 heavy (non-hydrogen) atoms. The second-order valence-electron chi connectivity index (χ2n) is 4.46. The zero-order valence-electron chi connectivity index (χ0n) is 11.1. The summed E-state index contributed by atoms with van der Waals surface area (Å²) in [6.45, 7) is 0. The first kappa shape index (κ1) is 13.6. The number of fused-ring (bicyclic) bond motifs is 1. The Morgan fingerprint density at radius 1 is 1.00 bits per heavy atom. The van der Waals surface area contributed by atoms with E-state index in [2.05, 4.69) is 4.98 Å². The van der Waals surface area contributed by atoms with E-state index in [1.807, 2.05) is 29.4 Å². The lowest BCUT2D eigenvalue weighted by Gasteiger charge is -2.09. The van der Waals surface area contributed by atoms with Crippen LogP contribution in [0.15, 0.2) is 50.9 Å². The van der Waals surface area contributed by atoms with E-state index in [0.29, 0.717) is 5.56 Å². The van der Waals surface area contributed by atoms with Crippen molar-refractivity contribution in [3.63, 3.8) is 0 Å². The van der Waals surface area contributed by atoms with Crippen molar-refractivity contribution in [2.75, 3.05) is 6.26 Å². The van der Waals surface area contributed by atoms with Crippen LogP contribution in [0.1, 0.15) is 0 Å². The van der Waals surface area contributed by atoms with E-state index >= 15 is 0 Å². The lowest BCUT2D eigenvalue weighted by Crippen LogP contribution is -2.22. The number of rotatable bonds is 2. The molecule has 0 spiro atoms. The van der Waals surface area contributed by atoms with Crippen LogP contribution in [0, 0.1) is 5.82 Å². The molecule has 0 bridgehead atoms. The van der Waals surface area contributed by atoms with Crippen molar-refractivity contribution >= 4 is 22.7 Å². The number of halogens is 1. The fourth-order valence-electron chi connectivity index (χ4n) is 2.30. The van der Waals surface area contributed by atoms with Crippen LogP contribution in [0.4, 0.5) is 4.39 Å². The van der Waals surface area contributed by atoms with Crippen molar-refractivity contribution in [3.8, 4) is 11.1 Å². The zero-order valence-corrected chi connectivity index (χ0v) is 11.9. The Morgan fingerprint density at radius 2 is 1.76 bits per heavy atom. The molecular weight excluding hydrogens is 291 g/mol. The minimum absolute atomic E-state index is 0.136. The summed E-state index contributed by atoms with van der Waals surface area (Å²) in [5.41, 5.74) is -0.134. The van der Waals surface area contributed by atoms with Gasteiger partial charge in [-0.25, -0.2) is 9.18 Å². The molecule has 6 heteroatoms. The van der Waals surface area contributed by atoms with Gasteiger partial charge in [-0.15, -0.1) is 11.8 Å². The third-order valence-corrected chi connectivity index (χ3v) is 4.04. The molecule has 0 fully saturated rings. The summed E-state index contributed by atoms with van der Waals surface area (Å²) in [6.07, 6.45) is 1.90. The predicted molar refractivity (Wildman–Crippen MR) is 82.4 cm³/mol. The molecule has 1 heterocycles. The lowest BCUT2D eigenvalue weighted by molar-refractivity contribution is 0.641. The Balaban J connectivity index is 2.38. The van der Waals surface area contributed by atoms with Crippen LogP contribution in [0.5, 0.6) is 0 Å². The third-order valence-electron chi connectivity index (χ3n) is 3.24. The van der Waals surface area contributed by atoms with E-state index in [1.54, 1.807) is 18.2 Å². The standard InChI is InChI=1S/C15H11FN2O2S/c1-21-11-5-3-2-4-8(11)9-6-7-10-12(13(9)16)14(19)18-15(20)17-10/h2-7H,1H3,(H2,17,18,19,20). The molecule has 0 aliphatic rings. The Kier molecular flexibility index (Phi) is 3.39. The Labute approximate surface area is 123 Å². The summed E-state index contributed by atoms with van der Waals surface area (Å²) < 4.78 is 14.7. The Bertz CT molecular complexity index is 946. The molecule has 0 unspecified atom stereocenters. The molecule has 2 aromatic carbocycles. The van der Waals surface area contributed by atoms with Gasteiger partial charge < -0.3 is 4.98 Å². The second kappa shape index (κ2) is 5.21. The number of hydrogen-bond donors (Lipinski definition) is 2. The number of nitrogens with one attached hydrogen (secondary N) is 2. The van der Waals surface area contributed by atoms with Crippen molar-refractivity contribution < 1.29 is 4.39 Å². The van der Waals surface area contributed by atoms with Gasteiger partial charge in [-0.05, 0) is 30.0 Å². The van der Waals surface area contributed by atoms with Crippen LogP contribution in [-0.4, -0.2) is 16.2 Å². The molecule has 0 saturated heterocycles. The van der Waals surface area contributed by atoms with Gasteiger partial charge in [-0.1, -0.05) is 18.2 Å². The van der Waals surface area contributed by atoms with E-state index in [0.717, 1.165) is 10.5 Å². The smallest absolute Gasteiger partial charge is 0.307 e. The maximum Gasteiger partial charge on any atom is 0.326 e. The first-order valence-corrected chi connectivity index (χ1v) is 7.42. The van der Waals surface area contributed by atoms with E-state index in [9.17, 15) is 14.0 Å². The van der Waals surface area contributed by atoms with Gasteiger partial charge >= 0.3 is 5.69 Å². The Hall–Kier alpha value is -2.34. The lowest BCUT2D eigenvalue weighted by atomic mass is 10.0. The average Bonchev–Trinajstić information content (AvgIpc) is 2.47. The molecule has 1 aromatic heterocycles. The normalized spacial score (nSPS) is 11.0. The van der Waals surface area contributed by atoms with Crippen LogP contribution in [0.25, 0.3) is 22.0 Å². The average molecular weight is 302 g/mol. The van der Waals surface area contributed by atoms with Crippen molar-refractivity contribution in [2.45, 2.75) is 4.90 Å². The minimum Gasteiger partial charge on any atom is -0.307 e. The molecule has 106 valence electrons. The van der Waals surface area contributed by atoms with E-state index in [4.69, 9.17) is 0 Å². The molecule has 2 N–H and O–H groups in total. The fourth-order valence-corrected chi connectivity index (χ4v) is 2.91. The van der Waals surface area contributed by atoms with E-state index < -0.39 is 17.1 Å². The summed E-state index contributed by atoms with van der Waals surface area (Å²) in [4.78, 5) is 28.5. The highest BCUT2D eigenvalue weighted by Gasteiger charge is 2.15. The van der Waals surface area contributed by atoms with Gasteiger partial charge in [-0.3, -0.25) is 9.78 Å². The highest BCUT2D eigenvalue weighted by Crippen LogP contribution is 2.33. The Morgan fingerprint density at radius 3 is 2.52 bits per heavy atom. The number of benzene rings is 2. The molecule has 3 rings (SSSR count). The van der Waals surface area contributed by atoms with Crippen LogP contribution in [-0.2, 0) is 0 Å². The van der Waals surface area contributed by atoms with Crippen LogP contribution >= 0.6 is 11.8 Å². The largest absolute Gasteiger partial charge is 0.326 e. The van der Waals surface area contributed by atoms with Crippen molar-refractivity contribution in [1.29, 1.82) is 0 Å². The summed E-state index contributed by atoms with van der Waals surface area (Å²) in [5.74, 6) is -0.633. The van der Waals surface area contributed by atoms with Crippen LogP contribution in [0.2, 0.25) is 0 Å². The van der Waals surface area contributed by atoms with Gasteiger partial charge in [0.2, 0.25) is 0 Å². The van der Waals surface area contributed by atoms with Crippen molar-refractivity contribution in [3.05, 3.63) is 63.1 Å². The molecule has 0 radical (unpaired) electrons. The number of H-pyrrole nitrogens is 2. The number of aromatic amines is 2. The first-order chi connectivity index (χ1) is 10.1. The van der Waals surface area contributed by atoms with E-state index in [1.165, 1.54) is 11.8 Å². The van der Waals surface area contributed by atoms with Gasteiger partial charge in [0.1, 0.15) is 5.82 Å². The zero-order chi connectivity index (χ0) is 15.0. The predicted octanol–water partition coefficient (Wildman–Crippen LogP) is 2.74. The van der Waals surface area contributed by atoms with Gasteiger partial charge in [0, 0.05) is 10.5 Å². The molecule has 0 aliphatic heterocycles. The molecule has 0 saturated carbocycles.